The molecule has 0 aliphatic carbocycles. The number of sulfonamides is 1. The quantitative estimate of drug-likeness (QED) is 0.514. The number of benzene rings is 2. The van der Waals surface area contributed by atoms with Crippen molar-refractivity contribution in [1.29, 1.82) is 0 Å². The average molecular weight is 448 g/mol. The number of rotatable bonds is 7. The van der Waals surface area contributed by atoms with Crippen molar-refractivity contribution in [2.75, 3.05) is 18.5 Å². The lowest BCUT2D eigenvalue weighted by Crippen LogP contribution is -2.42. The van der Waals surface area contributed by atoms with Crippen molar-refractivity contribution in [2.45, 2.75) is 30.7 Å². The third kappa shape index (κ3) is 4.97. The van der Waals surface area contributed by atoms with Gasteiger partial charge in [-0.25, -0.2) is 12.8 Å². The second-order valence-electron chi connectivity index (χ2n) is 6.96. The molecule has 2 aromatic carbocycles. The Morgan fingerprint density at radius 2 is 1.81 bits per heavy atom. The second kappa shape index (κ2) is 9.36. The Kier molecular flexibility index (Phi) is 6.81. The van der Waals surface area contributed by atoms with E-state index >= 15 is 0 Å². The van der Waals surface area contributed by atoms with Crippen molar-refractivity contribution < 1.29 is 31.9 Å². The van der Waals surface area contributed by atoms with E-state index in [4.69, 9.17) is 4.74 Å². The van der Waals surface area contributed by atoms with Gasteiger partial charge in [0.05, 0.1) is 5.69 Å². The van der Waals surface area contributed by atoms with E-state index in [0.717, 1.165) is 16.4 Å². The van der Waals surface area contributed by atoms with E-state index in [1.54, 1.807) is 18.2 Å². The minimum absolute atomic E-state index is 0.0363. The Balaban J connectivity index is 1.66. The van der Waals surface area contributed by atoms with E-state index in [1.165, 1.54) is 25.1 Å². The van der Waals surface area contributed by atoms with E-state index in [9.17, 15) is 27.2 Å². The van der Waals surface area contributed by atoms with E-state index < -0.39 is 45.3 Å². The van der Waals surface area contributed by atoms with Gasteiger partial charge in [0.25, 0.3) is 5.91 Å². The topological polar surface area (TPSA) is 110 Å². The molecule has 1 aliphatic rings. The summed E-state index contributed by atoms with van der Waals surface area (Å²) in [4.78, 5) is 35.8. The zero-order valence-corrected chi connectivity index (χ0v) is 17.5. The van der Waals surface area contributed by atoms with Crippen molar-refractivity contribution in [2.24, 2.45) is 0 Å². The van der Waals surface area contributed by atoms with Crippen molar-refractivity contribution in [3.63, 3.8) is 0 Å². The fourth-order valence-corrected chi connectivity index (χ4v) is 5.08. The molecule has 31 heavy (non-hydrogen) atoms. The van der Waals surface area contributed by atoms with Crippen LogP contribution in [0.3, 0.4) is 0 Å². The number of nitrogens with zero attached hydrogens (tertiary/aromatic N) is 1. The van der Waals surface area contributed by atoms with Crippen LogP contribution in [0.4, 0.5) is 10.1 Å². The molecule has 1 fully saturated rings. The van der Waals surface area contributed by atoms with Crippen LogP contribution < -0.4 is 5.32 Å². The Labute approximate surface area is 179 Å². The number of hydrogen-bond acceptors (Lipinski definition) is 6. The van der Waals surface area contributed by atoms with E-state index in [-0.39, 0.29) is 24.4 Å². The van der Waals surface area contributed by atoms with Crippen LogP contribution in [0.5, 0.6) is 0 Å². The summed E-state index contributed by atoms with van der Waals surface area (Å²) in [5, 5.41) is 2.49. The molecule has 3 rings (SSSR count). The highest BCUT2D eigenvalue weighted by Gasteiger charge is 2.41. The molecule has 0 saturated carbocycles. The number of nitrogens with one attached hydrogen (secondary N) is 1. The molecule has 0 aromatic heterocycles. The Morgan fingerprint density at radius 3 is 2.52 bits per heavy atom. The number of Topliss-reactive ketones (excluding diaryl/α,β-unsaturated/α-hetero) is 1. The maximum Gasteiger partial charge on any atom is 0.324 e. The van der Waals surface area contributed by atoms with Crippen LogP contribution in [0.1, 0.15) is 30.1 Å². The fraction of sp³-hybridized carbons (Fsp3) is 0.286. The molecule has 0 bridgehead atoms. The average Bonchev–Trinajstić information content (AvgIpc) is 3.23. The Hall–Kier alpha value is -3.11. The summed E-state index contributed by atoms with van der Waals surface area (Å²) < 4.78 is 45.6. The lowest BCUT2D eigenvalue weighted by atomic mass is 10.1. The molecule has 2 aromatic rings. The van der Waals surface area contributed by atoms with Crippen LogP contribution in [0.2, 0.25) is 0 Å². The van der Waals surface area contributed by atoms with Gasteiger partial charge in [-0.1, -0.05) is 24.3 Å². The highest BCUT2D eigenvalue weighted by atomic mass is 32.2. The monoisotopic (exact) mass is 448 g/mol. The summed E-state index contributed by atoms with van der Waals surface area (Å²) in [6.45, 7) is 0.736. The van der Waals surface area contributed by atoms with Gasteiger partial charge in [-0.05, 0) is 44.0 Å². The number of anilines is 1. The van der Waals surface area contributed by atoms with Crippen molar-refractivity contribution in [1.82, 2.24) is 4.31 Å². The number of carbonyl (C=O) groups excluding carboxylic acids is 3. The highest BCUT2D eigenvalue weighted by Crippen LogP contribution is 2.28. The van der Waals surface area contributed by atoms with Gasteiger partial charge in [0, 0.05) is 12.1 Å². The van der Waals surface area contributed by atoms with Crippen LogP contribution in [0.15, 0.2) is 53.4 Å². The highest BCUT2D eigenvalue weighted by molar-refractivity contribution is 7.89. The summed E-state index contributed by atoms with van der Waals surface area (Å²) in [5.41, 5.74) is 0.584. The van der Waals surface area contributed by atoms with Crippen LogP contribution in [-0.2, 0) is 24.3 Å². The normalized spacial score (nSPS) is 16.6. The maximum atomic E-state index is 14.0. The lowest BCUT2D eigenvalue weighted by molar-refractivity contribution is -0.150. The minimum Gasteiger partial charge on any atom is -0.454 e. The predicted molar refractivity (Wildman–Crippen MR) is 109 cm³/mol. The summed E-state index contributed by atoms with van der Waals surface area (Å²) in [6.07, 6.45) is 0.590. The van der Waals surface area contributed by atoms with Gasteiger partial charge in [-0.15, -0.1) is 0 Å². The number of amides is 1. The maximum absolute atomic E-state index is 14.0. The van der Waals surface area contributed by atoms with E-state index in [1.807, 2.05) is 0 Å². The van der Waals surface area contributed by atoms with Crippen LogP contribution >= 0.6 is 0 Å². The molecule has 1 amide bonds. The van der Waals surface area contributed by atoms with Gasteiger partial charge < -0.3 is 10.1 Å². The molecule has 10 heteroatoms. The summed E-state index contributed by atoms with van der Waals surface area (Å²) in [5.74, 6) is -2.73. The molecule has 164 valence electrons. The van der Waals surface area contributed by atoms with Crippen molar-refractivity contribution in [3.05, 3.63) is 59.9 Å². The largest absolute Gasteiger partial charge is 0.454 e. The molecule has 0 spiro atoms. The Bertz CT molecular complexity index is 1120. The second-order valence-corrected chi connectivity index (χ2v) is 8.82. The first-order chi connectivity index (χ1) is 14.7. The summed E-state index contributed by atoms with van der Waals surface area (Å²) >= 11 is 0. The molecule has 8 nitrogen and oxygen atoms in total. The first kappa shape index (κ1) is 22.6. The van der Waals surface area contributed by atoms with E-state index in [0.29, 0.717) is 12.0 Å². The lowest BCUT2D eigenvalue weighted by Gasteiger charge is -2.22. The molecule has 1 N–H and O–H groups in total. The first-order valence-electron chi connectivity index (χ1n) is 9.54. The smallest absolute Gasteiger partial charge is 0.324 e. The third-order valence-corrected chi connectivity index (χ3v) is 6.77. The van der Waals surface area contributed by atoms with Gasteiger partial charge in [0.15, 0.2) is 12.4 Å². The van der Waals surface area contributed by atoms with Crippen LogP contribution in [-0.4, -0.2) is 49.6 Å². The zero-order chi connectivity index (χ0) is 22.6. The molecule has 1 atom stereocenters. The zero-order valence-electron chi connectivity index (χ0n) is 16.7. The fourth-order valence-electron chi connectivity index (χ4n) is 3.36. The predicted octanol–water partition coefficient (Wildman–Crippen LogP) is 2.36. The summed E-state index contributed by atoms with van der Waals surface area (Å²) in [7, 11) is -4.25. The molecule has 1 heterocycles. The van der Waals surface area contributed by atoms with Crippen molar-refractivity contribution in [3.8, 4) is 0 Å². The minimum atomic E-state index is -4.25. The molecule has 0 radical (unpaired) electrons. The first-order valence-corrected chi connectivity index (χ1v) is 11.0. The van der Waals surface area contributed by atoms with Gasteiger partial charge in [-0.3, -0.25) is 14.4 Å². The van der Waals surface area contributed by atoms with Gasteiger partial charge in [-0.2, -0.15) is 4.31 Å². The van der Waals surface area contributed by atoms with Gasteiger partial charge in [0.2, 0.25) is 10.0 Å². The molecule has 1 unspecified atom stereocenters. The van der Waals surface area contributed by atoms with E-state index in [2.05, 4.69) is 5.32 Å². The molecule has 1 aliphatic heterocycles. The van der Waals surface area contributed by atoms with Crippen molar-refractivity contribution >= 4 is 33.4 Å². The standard InChI is InChI=1S/C21H21FN2O6S/c1-14(25)15-7-2-4-9-17(15)23-20(26)13-30-21(27)18-10-6-12-24(18)31(28,29)19-11-5-3-8-16(19)22/h2-5,7-9,11,18H,6,10,12-13H2,1H3,(H,23,26). The SMILES string of the molecule is CC(=O)c1ccccc1NC(=O)COC(=O)C1CCCN1S(=O)(=O)c1ccccc1F. The van der Waals surface area contributed by atoms with Gasteiger partial charge >= 0.3 is 5.97 Å². The number of ether oxygens (including phenoxy) is 1. The number of hydrogen-bond donors (Lipinski definition) is 1. The van der Waals surface area contributed by atoms with Crippen LogP contribution in [0, 0.1) is 5.82 Å². The number of ketones is 1. The number of para-hydroxylation sites is 1. The third-order valence-electron chi connectivity index (χ3n) is 4.83. The Morgan fingerprint density at radius 1 is 1.13 bits per heavy atom. The van der Waals surface area contributed by atoms with Crippen LogP contribution in [0.25, 0.3) is 0 Å². The molecular formula is C21H21FN2O6S. The summed E-state index contributed by atoms with van der Waals surface area (Å²) in [6, 6.07) is 10.1. The molecule has 1 saturated heterocycles. The molecular weight excluding hydrogens is 427 g/mol. The number of carbonyl (C=O) groups is 3. The number of esters is 1. The van der Waals surface area contributed by atoms with Gasteiger partial charge in [0.1, 0.15) is 16.8 Å². The number of halogens is 1.